The molecule has 0 amide bonds. The van der Waals surface area contributed by atoms with E-state index in [0.29, 0.717) is 16.9 Å². The molecule has 1 aromatic rings. The molecule has 4 heteroatoms. The van der Waals surface area contributed by atoms with Gasteiger partial charge in [-0.2, -0.15) is 0 Å². The second-order valence-electron chi connectivity index (χ2n) is 4.19. The molecule has 0 N–H and O–H groups in total. The third-order valence-electron chi connectivity index (χ3n) is 2.87. The maximum atomic E-state index is 13.4. The van der Waals surface area contributed by atoms with Gasteiger partial charge in [-0.25, -0.2) is 8.78 Å². The molecule has 1 aliphatic rings. The van der Waals surface area contributed by atoms with E-state index in [0.717, 1.165) is 32.0 Å². The van der Waals surface area contributed by atoms with E-state index in [2.05, 4.69) is 20.8 Å². The number of alkyl halides is 1. The van der Waals surface area contributed by atoms with E-state index >= 15 is 0 Å². The maximum absolute atomic E-state index is 13.4. The van der Waals surface area contributed by atoms with Gasteiger partial charge in [0.15, 0.2) is 11.6 Å². The Labute approximate surface area is 103 Å². The van der Waals surface area contributed by atoms with Crippen molar-refractivity contribution < 1.29 is 8.78 Å². The molecule has 0 spiro atoms. The number of halogens is 3. The molecule has 0 saturated carbocycles. The van der Waals surface area contributed by atoms with Gasteiger partial charge in [-0.1, -0.05) is 28.1 Å². The second kappa shape index (κ2) is 5.23. The number of hydrogen-bond donors (Lipinski definition) is 0. The minimum atomic E-state index is -0.759. The summed E-state index contributed by atoms with van der Waals surface area (Å²) < 4.78 is 26.4. The van der Waals surface area contributed by atoms with Crippen LogP contribution in [0.2, 0.25) is 0 Å². The van der Waals surface area contributed by atoms with Gasteiger partial charge < -0.3 is 0 Å². The molecule has 1 atom stereocenters. The highest BCUT2D eigenvalue weighted by molar-refractivity contribution is 9.09. The number of benzene rings is 1. The van der Waals surface area contributed by atoms with Crippen molar-refractivity contribution in [2.24, 2.45) is 0 Å². The highest BCUT2D eigenvalue weighted by Gasteiger charge is 2.19. The Kier molecular flexibility index (Phi) is 3.92. The van der Waals surface area contributed by atoms with Gasteiger partial charge in [0, 0.05) is 23.5 Å². The Hall–Kier alpha value is -0.480. The molecule has 16 heavy (non-hydrogen) atoms. The van der Waals surface area contributed by atoms with Crippen molar-refractivity contribution in [1.82, 2.24) is 4.90 Å². The fourth-order valence-electron chi connectivity index (χ4n) is 2.05. The van der Waals surface area contributed by atoms with Crippen LogP contribution in [0.15, 0.2) is 18.2 Å². The van der Waals surface area contributed by atoms with Gasteiger partial charge >= 0.3 is 0 Å². The molecule has 1 unspecified atom stereocenters. The highest BCUT2D eigenvalue weighted by Crippen LogP contribution is 2.20. The molecular weight excluding hydrogens is 276 g/mol. The summed E-state index contributed by atoms with van der Waals surface area (Å²) in [6.45, 7) is 2.35. The third-order valence-corrected chi connectivity index (χ3v) is 3.62. The van der Waals surface area contributed by atoms with Crippen molar-refractivity contribution >= 4 is 15.9 Å². The predicted octanol–water partition coefficient (Wildman–Crippen LogP) is 3.32. The number of hydrogen-bond acceptors (Lipinski definition) is 1. The van der Waals surface area contributed by atoms with Gasteiger partial charge in [-0.05, 0) is 25.5 Å². The first-order valence-electron chi connectivity index (χ1n) is 5.46. The van der Waals surface area contributed by atoms with Crippen molar-refractivity contribution in [2.75, 3.05) is 13.1 Å². The number of likely N-dealkylation sites (tertiary alicyclic amines) is 1. The molecular formula is C12H14BrF2N. The Balaban J connectivity index is 2.05. The molecule has 2 rings (SSSR count). The van der Waals surface area contributed by atoms with E-state index in [4.69, 9.17) is 0 Å². The summed E-state index contributed by atoms with van der Waals surface area (Å²) in [7, 11) is 0. The summed E-state index contributed by atoms with van der Waals surface area (Å²) >= 11 is 3.57. The summed E-state index contributed by atoms with van der Waals surface area (Å²) in [5.74, 6) is -1.47. The van der Waals surface area contributed by atoms with Gasteiger partial charge in [-0.3, -0.25) is 4.90 Å². The van der Waals surface area contributed by atoms with Crippen molar-refractivity contribution in [1.29, 1.82) is 0 Å². The Morgan fingerprint density at radius 2 is 2.19 bits per heavy atom. The van der Waals surface area contributed by atoms with Crippen LogP contribution in [0.25, 0.3) is 0 Å². The lowest BCUT2D eigenvalue weighted by Gasteiger charge is -2.29. The van der Waals surface area contributed by atoms with E-state index in [1.807, 2.05) is 0 Å². The van der Waals surface area contributed by atoms with Crippen LogP contribution < -0.4 is 0 Å². The number of piperidine rings is 1. The van der Waals surface area contributed by atoms with Gasteiger partial charge in [0.2, 0.25) is 0 Å². The molecule has 1 saturated heterocycles. The lowest BCUT2D eigenvalue weighted by atomic mass is 10.1. The van der Waals surface area contributed by atoms with Gasteiger partial charge in [0.05, 0.1) is 0 Å². The van der Waals surface area contributed by atoms with E-state index in [9.17, 15) is 8.78 Å². The van der Waals surface area contributed by atoms with E-state index in [1.165, 1.54) is 0 Å². The lowest BCUT2D eigenvalue weighted by molar-refractivity contribution is 0.224. The second-order valence-corrected chi connectivity index (χ2v) is 5.48. The largest absolute Gasteiger partial charge is 0.298 e. The zero-order valence-electron chi connectivity index (χ0n) is 8.93. The normalized spacial score (nSPS) is 22.3. The van der Waals surface area contributed by atoms with Crippen LogP contribution in [-0.4, -0.2) is 22.8 Å². The average molecular weight is 290 g/mol. The van der Waals surface area contributed by atoms with Crippen LogP contribution in [0.3, 0.4) is 0 Å². The minimum Gasteiger partial charge on any atom is -0.298 e. The van der Waals surface area contributed by atoms with Crippen molar-refractivity contribution in [2.45, 2.75) is 24.2 Å². The first kappa shape index (κ1) is 12.0. The van der Waals surface area contributed by atoms with Gasteiger partial charge in [0.1, 0.15) is 0 Å². The van der Waals surface area contributed by atoms with Crippen LogP contribution in [-0.2, 0) is 6.54 Å². The smallest absolute Gasteiger partial charge is 0.163 e. The standard InChI is InChI=1S/C12H14BrF2N/c13-10-4-2-6-16(8-10)7-9-3-1-5-11(14)12(9)15/h1,3,5,10H,2,4,6-8H2. The fourth-order valence-corrected chi connectivity index (χ4v) is 2.79. The van der Waals surface area contributed by atoms with Crippen molar-refractivity contribution in [3.05, 3.63) is 35.4 Å². The van der Waals surface area contributed by atoms with Gasteiger partial charge in [0.25, 0.3) is 0 Å². The highest BCUT2D eigenvalue weighted by atomic mass is 79.9. The summed E-state index contributed by atoms with van der Waals surface area (Å²) in [6.07, 6.45) is 2.26. The number of rotatable bonds is 2. The molecule has 0 radical (unpaired) electrons. The topological polar surface area (TPSA) is 3.24 Å². The first-order valence-corrected chi connectivity index (χ1v) is 6.37. The first-order chi connectivity index (χ1) is 7.66. The minimum absolute atomic E-state index is 0.446. The molecule has 0 bridgehead atoms. The molecule has 0 aromatic heterocycles. The molecule has 1 aliphatic heterocycles. The molecule has 1 aromatic carbocycles. The Morgan fingerprint density at radius 1 is 1.38 bits per heavy atom. The van der Waals surface area contributed by atoms with Crippen LogP contribution in [0.4, 0.5) is 8.78 Å². The summed E-state index contributed by atoms with van der Waals surface area (Å²) in [5.41, 5.74) is 0.446. The number of nitrogens with zero attached hydrogens (tertiary/aromatic N) is 1. The molecule has 1 heterocycles. The zero-order chi connectivity index (χ0) is 11.5. The quantitative estimate of drug-likeness (QED) is 0.755. The van der Waals surface area contributed by atoms with Crippen LogP contribution in [0.1, 0.15) is 18.4 Å². The van der Waals surface area contributed by atoms with E-state index < -0.39 is 11.6 Å². The Bertz CT molecular complexity index is 370. The third kappa shape index (κ3) is 2.80. The molecule has 1 nitrogen and oxygen atoms in total. The molecule has 1 fully saturated rings. The molecule has 88 valence electrons. The fraction of sp³-hybridized carbons (Fsp3) is 0.500. The summed E-state index contributed by atoms with van der Waals surface area (Å²) in [5, 5.41) is 0. The van der Waals surface area contributed by atoms with Crippen LogP contribution >= 0.6 is 15.9 Å². The van der Waals surface area contributed by atoms with Crippen LogP contribution in [0, 0.1) is 11.6 Å². The summed E-state index contributed by atoms with van der Waals surface area (Å²) in [4.78, 5) is 2.62. The average Bonchev–Trinajstić information content (AvgIpc) is 2.25. The zero-order valence-corrected chi connectivity index (χ0v) is 10.5. The van der Waals surface area contributed by atoms with Crippen molar-refractivity contribution in [3.63, 3.8) is 0 Å². The van der Waals surface area contributed by atoms with Crippen LogP contribution in [0.5, 0.6) is 0 Å². The maximum Gasteiger partial charge on any atom is 0.163 e. The summed E-state index contributed by atoms with van der Waals surface area (Å²) in [6, 6.07) is 4.36. The Morgan fingerprint density at radius 3 is 2.94 bits per heavy atom. The lowest BCUT2D eigenvalue weighted by Crippen LogP contribution is -2.35. The van der Waals surface area contributed by atoms with Crippen molar-refractivity contribution in [3.8, 4) is 0 Å². The van der Waals surface area contributed by atoms with E-state index in [1.54, 1.807) is 12.1 Å². The van der Waals surface area contributed by atoms with Gasteiger partial charge in [-0.15, -0.1) is 0 Å². The molecule has 0 aliphatic carbocycles. The SMILES string of the molecule is Fc1cccc(CN2CCCC(Br)C2)c1F. The monoisotopic (exact) mass is 289 g/mol. The van der Waals surface area contributed by atoms with E-state index in [-0.39, 0.29) is 0 Å². The predicted molar refractivity (Wildman–Crippen MR) is 63.6 cm³/mol.